The predicted molar refractivity (Wildman–Crippen MR) is 190 cm³/mol. The number of thioether (sulfide) groups is 1. The molecule has 0 heterocycles. The average molecular weight is 635 g/mol. The van der Waals surface area contributed by atoms with E-state index in [-0.39, 0.29) is 5.91 Å². The van der Waals surface area contributed by atoms with E-state index < -0.39 is 12.0 Å². The van der Waals surface area contributed by atoms with Crippen LogP contribution in [0, 0.1) is 24.7 Å². The molecular formula is C39H58N2O3S. The van der Waals surface area contributed by atoms with Crippen LogP contribution in [-0.2, 0) is 11.3 Å². The first kappa shape index (κ1) is 35.5. The number of benzene rings is 2. The quantitative estimate of drug-likeness (QED) is 0.193. The van der Waals surface area contributed by atoms with Gasteiger partial charge in [0.05, 0.1) is 0 Å². The molecule has 0 bridgehead atoms. The molecule has 6 heteroatoms. The fraction of sp³-hybridized carbons (Fsp3) is 0.641. The van der Waals surface area contributed by atoms with Gasteiger partial charge in [0, 0.05) is 24.7 Å². The number of hydrogen-bond donors (Lipinski definition) is 2. The summed E-state index contributed by atoms with van der Waals surface area (Å²) in [4.78, 5) is 28.4. The number of rotatable bonds is 16. The molecule has 248 valence electrons. The van der Waals surface area contributed by atoms with Crippen LogP contribution in [0.3, 0.4) is 0 Å². The zero-order valence-electron chi connectivity index (χ0n) is 28.4. The smallest absolute Gasteiger partial charge is 0.326 e. The Morgan fingerprint density at radius 3 is 2.09 bits per heavy atom. The van der Waals surface area contributed by atoms with Gasteiger partial charge in [-0.25, -0.2) is 4.79 Å². The Bertz CT molecular complexity index is 1200. The molecular weight excluding hydrogens is 577 g/mol. The highest BCUT2D eigenvalue weighted by Crippen LogP contribution is 2.36. The van der Waals surface area contributed by atoms with Crippen molar-refractivity contribution < 1.29 is 14.7 Å². The maximum Gasteiger partial charge on any atom is 0.326 e. The number of nitrogens with one attached hydrogen (secondary N) is 1. The Hall–Kier alpha value is -2.31. The highest BCUT2D eigenvalue weighted by molar-refractivity contribution is 7.98. The summed E-state index contributed by atoms with van der Waals surface area (Å²) in [6, 6.07) is 14.1. The fourth-order valence-electron chi connectivity index (χ4n) is 7.77. The standard InChI is InChI=1S/C39H58N2O3S/c1-28(2)26-41(33(23-30-14-7-5-8-15-30)24-31-16-9-6-10-17-31)27-32-19-20-35(36(25-32)34-18-12-11-13-29(34)3)38(42)40-37(39(43)44)21-22-45-4/h11-13,18-20,25,28,30-31,33,37H,5-10,14-17,21-24,26-27H2,1-4H3,(H,40,42)(H,43,44). The second kappa shape index (κ2) is 18.1. The van der Waals surface area contributed by atoms with E-state index in [1.807, 2.05) is 24.5 Å². The number of aryl methyl sites for hydroxylation is 1. The van der Waals surface area contributed by atoms with Crippen LogP contribution in [0.2, 0.25) is 0 Å². The summed E-state index contributed by atoms with van der Waals surface area (Å²) >= 11 is 1.59. The lowest BCUT2D eigenvalue weighted by molar-refractivity contribution is -0.139. The lowest BCUT2D eigenvalue weighted by atomic mass is 9.79. The van der Waals surface area contributed by atoms with E-state index in [1.54, 1.807) is 11.8 Å². The molecule has 2 fully saturated rings. The number of hydrogen-bond acceptors (Lipinski definition) is 4. The van der Waals surface area contributed by atoms with Gasteiger partial charge in [-0.2, -0.15) is 11.8 Å². The lowest BCUT2D eigenvalue weighted by Gasteiger charge is -2.39. The van der Waals surface area contributed by atoms with Crippen molar-refractivity contribution in [3.05, 3.63) is 59.2 Å². The number of carbonyl (C=O) groups is 2. The Labute approximate surface area is 277 Å². The molecule has 2 aromatic carbocycles. The van der Waals surface area contributed by atoms with Crippen LogP contribution >= 0.6 is 11.8 Å². The van der Waals surface area contributed by atoms with Crippen molar-refractivity contribution in [2.24, 2.45) is 17.8 Å². The molecule has 0 aliphatic heterocycles. The molecule has 0 aromatic heterocycles. The van der Waals surface area contributed by atoms with Gasteiger partial charge < -0.3 is 10.4 Å². The third kappa shape index (κ3) is 10.9. The van der Waals surface area contributed by atoms with Crippen molar-refractivity contribution in [2.75, 3.05) is 18.6 Å². The number of carboxylic acid groups (broad SMARTS) is 1. The topological polar surface area (TPSA) is 69.6 Å². The minimum atomic E-state index is -0.988. The molecule has 4 rings (SSSR count). The molecule has 2 aliphatic carbocycles. The van der Waals surface area contributed by atoms with Gasteiger partial charge in [0.25, 0.3) is 5.91 Å². The monoisotopic (exact) mass is 634 g/mol. The SMILES string of the molecule is CSCCC(NC(=O)c1ccc(CN(CC(C)C)C(CC2CCCCC2)CC2CCCCC2)cc1-c1ccccc1C)C(=O)O. The summed E-state index contributed by atoms with van der Waals surface area (Å²) in [5.74, 6) is 1.61. The lowest BCUT2D eigenvalue weighted by Crippen LogP contribution is -2.41. The van der Waals surface area contributed by atoms with Crippen LogP contribution in [0.1, 0.15) is 119 Å². The van der Waals surface area contributed by atoms with Gasteiger partial charge in [-0.15, -0.1) is 0 Å². The van der Waals surface area contributed by atoms with Crippen LogP contribution in [0.5, 0.6) is 0 Å². The maximum atomic E-state index is 13.7. The first-order valence-electron chi connectivity index (χ1n) is 17.7. The van der Waals surface area contributed by atoms with Crippen molar-refractivity contribution in [3.8, 4) is 11.1 Å². The number of amides is 1. The van der Waals surface area contributed by atoms with E-state index in [0.29, 0.717) is 29.7 Å². The van der Waals surface area contributed by atoms with Crippen LogP contribution in [0.15, 0.2) is 42.5 Å². The first-order chi connectivity index (χ1) is 21.7. The van der Waals surface area contributed by atoms with Gasteiger partial charge >= 0.3 is 5.97 Å². The van der Waals surface area contributed by atoms with Gasteiger partial charge in [-0.1, -0.05) is 108 Å². The molecule has 2 aliphatic rings. The van der Waals surface area contributed by atoms with E-state index in [9.17, 15) is 14.7 Å². The van der Waals surface area contributed by atoms with E-state index in [0.717, 1.165) is 41.6 Å². The summed E-state index contributed by atoms with van der Waals surface area (Å²) in [7, 11) is 0. The molecule has 0 radical (unpaired) electrons. The van der Waals surface area contributed by atoms with E-state index in [4.69, 9.17) is 0 Å². The molecule has 1 unspecified atom stereocenters. The molecule has 2 N–H and O–H groups in total. The van der Waals surface area contributed by atoms with E-state index in [1.165, 1.54) is 82.6 Å². The third-order valence-electron chi connectivity index (χ3n) is 10.1. The Balaban J connectivity index is 1.66. The summed E-state index contributed by atoms with van der Waals surface area (Å²) in [5.41, 5.74) is 4.78. The highest BCUT2D eigenvalue weighted by Gasteiger charge is 2.29. The van der Waals surface area contributed by atoms with Gasteiger partial charge in [0.1, 0.15) is 6.04 Å². The summed E-state index contributed by atoms with van der Waals surface area (Å²) in [5, 5.41) is 12.6. The zero-order chi connectivity index (χ0) is 32.2. The van der Waals surface area contributed by atoms with Gasteiger partial charge in [0.15, 0.2) is 0 Å². The van der Waals surface area contributed by atoms with Crippen LogP contribution in [-0.4, -0.2) is 52.5 Å². The fourth-order valence-corrected chi connectivity index (χ4v) is 8.24. The minimum absolute atomic E-state index is 0.320. The van der Waals surface area contributed by atoms with Crippen LogP contribution in [0.25, 0.3) is 11.1 Å². The number of aliphatic carboxylic acids is 1. The zero-order valence-corrected chi connectivity index (χ0v) is 29.2. The maximum absolute atomic E-state index is 13.7. The molecule has 1 amide bonds. The molecule has 0 spiro atoms. The molecule has 5 nitrogen and oxygen atoms in total. The molecule has 2 aromatic rings. The molecule has 2 saturated carbocycles. The predicted octanol–water partition coefficient (Wildman–Crippen LogP) is 9.37. The number of nitrogens with zero attached hydrogens (tertiary/aromatic N) is 1. The van der Waals surface area contributed by atoms with E-state index in [2.05, 4.69) is 55.3 Å². The normalized spacial score (nSPS) is 17.2. The van der Waals surface area contributed by atoms with Crippen molar-refractivity contribution in [2.45, 2.75) is 123 Å². The van der Waals surface area contributed by atoms with Crippen molar-refractivity contribution in [3.63, 3.8) is 0 Å². The van der Waals surface area contributed by atoms with Crippen LogP contribution in [0.4, 0.5) is 0 Å². The molecule has 0 saturated heterocycles. The second-order valence-corrected chi connectivity index (χ2v) is 15.3. The largest absolute Gasteiger partial charge is 0.480 e. The Kier molecular flexibility index (Phi) is 14.3. The van der Waals surface area contributed by atoms with Gasteiger partial charge in [0.2, 0.25) is 0 Å². The van der Waals surface area contributed by atoms with Crippen LogP contribution < -0.4 is 5.32 Å². The van der Waals surface area contributed by atoms with Crippen molar-refractivity contribution in [1.29, 1.82) is 0 Å². The van der Waals surface area contributed by atoms with E-state index >= 15 is 0 Å². The summed E-state index contributed by atoms with van der Waals surface area (Å²) in [6.45, 7) is 8.70. The third-order valence-corrected chi connectivity index (χ3v) is 10.8. The number of carbonyl (C=O) groups excluding carboxylic acids is 1. The number of carboxylic acids is 1. The summed E-state index contributed by atoms with van der Waals surface area (Å²) < 4.78 is 0. The second-order valence-electron chi connectivity index (χ2n) is 14.3. The van der Waals surface area contributed by atoms with Crippen molar-refractivity contribution in [1.82, 2.24) is 10.2 Å². The highest BCUT2D eigenvalue weighted by atomic mass is 32.2. The summed E-state index contributed by atoms with van der Waals surface area (Å²) in [6.07, 6.45) is 18.8. The minimum Gasteiger partial charge on any atom is -0.480 e. The first-order valence-corrected chi connectivity index (χ1v) is 19.1. The van der Waals surface area contributed by atoms with Gasteiger partial charge in [-0.3, -0.25) is 9.69 Å². The molecule has 1 atom stereocenters. The molecule has 45 heavy (non-hydrogen) atoms. The Morgan fingerprint density at radius 1 is 0.911 bits per heavy atom. The Morgan fingerprint density at radius 2 is 1.53 bits per heavy atom. The average Bonchev–Trinajstić information content (AvgIpc) is 3.03. The van der Waals surface area contributed by atoms with Crippen molar-refractivity contribution >= 4 is 23.6 Å². The van der Waals surface area contributed by atoms with Gasteiger partial charge in [-0.05, 0) is 90.3 Å².